The fourth-order valence-electron chi connectivity index (χ4n) is 1.35. The molecule has 0 aliphatic heterocycles. The molecule has 0 fully saturated rings. The zero-order chi connectivity index (χ0) is 10.1. The van der Waals surface area contributed by atoms with Gasteiger partial charge in [0.1, 0.15) is 0 Å². The highest BCUT2D eigenvalue weighted by atomic mass is 35.5. The van der Waals surface area contributed by atoms with E-state index in [0.717, 1.165) is 15.6 Å². The van der Waals surface area contributed by atoms with Gasteiger partial charge in [-0.2, -0.15) is 0 Å². The Morgan fingerprint density at radius 3 is 2.87 bits per heavy atom. The van der Waals surface area contributed by atoms with E-state index in [1.807, 2.05) is 23.6 Å². The van der Waals surface area contributed by atoms with Crippen molar-refractivity contribution in [3.63, 3.8) is 0 Å². The molecular weight excluding hydrogens is 255 g/mol. The molecule has 0 amide bonds. The Hall–Kier alpha value is -0.770. The van der Waals surface area contributed by atoms with Gasteiger partial charge in [0.2, 0.25) is 0 Å². The summed E-state index contributed by atoms with van der Waals surface area (Å²) in [6.45, 7) is 0. The van der Waals surface area contributed by atoms with Crippen LogP contribution >= 0.6 is 35.3 Å². The SMILES string of the molecule is Cl.O=C(O)Cc1csc2ccc(Cl)cc12. The van der Waals surface area contributed by atoms with Gasteiger partial charge >= 0.3 is 5.97 Å². The number of benzene rings is 1. The Morgan fingerprint density at radius 2 is 2.20 bits per heavy atom. The van der Waals surface area contributed by atoms with Crippen LogP contribution < -0.4 is 0 Å². The Morgan fingerprint density at radius 1 is 1.47 bits per heavy atom. The summed E-state index contributed by atoms with van der Waals surface area (Å²) in [5.41, 5.74) is 0.833. The second-order valence-electron chi connectivity index (χ2n) is 2.97. The number of carboxylic acid groups (broad SMARTS) is 1. The normalized spacial score (nSPS) is 9.93. The van der Waals surface area contributed by atoms with E-state index in [4.69, 9.17) is 16.7 Å². The van der Waals surface area contributed by atoms with Crippen LogP contribution in [-0.4, -0.2) is 11.1 Å². The molecule has 1 aromatic heterocycles. The molecule has 0 saturated heterocycles. The number of aliphatic carboxylic acids is 1. The first-order chi connectivity index (χ1) is 6.66. The maximum absolute atomic E-state index is 10.6. The number of thiophene rings is 1. The first-order valence-corrected chi connectivity index (χ1v) is 5.30. The maximum atomic E-state index is 10.6. The van der Waals surface area contributed by atoms with Crippen molar-refractivity contribution in [2.24, 2.45) is 0 Å². The quantitative estimate of drug-likeness (QED) is 0.898. The lowest BCUT2D eigenvalue weighted by molar-refractivity contribution is -0.136. The van der Waals surface area contributed by atoms with E-state index in [9.17, 15) is 4.79 Å². The summed E-state index contributed by atoms with van der Waals surface area (Å²) >= 11 is 7.38. The van der Waals surface area contributed by atoms with Crippen molar-refractivity contribution in [2.45, 2.75) is 6.42 Å². The van der Waals surface area contributed by atoms with Crippen LogP contribution in [0, 0.1) is 0 Å². The number of hydrogen-bond acceptors (Lipinski definition) is 2. The van der Waals surface area contributed by atoms with Gasteiger partial charge in [0.15, 0.2) is 0 Å². The molecule has 2 nitrogen and oxygen atoms in total. The standard InChI is InChI=1S/C10H7ClO2S.ClH/c11-7-1-2-9-8(4-7)6(5-14-9)3-10(12)13;/h1-2,4-5H,3H2,(H,12,13);1H. The molecule has 0 radical (unpaired) electrons. The Balaban J connectivity index is 0.00000112. The van der Waals surface area contributed by atoms with E-state index in [1.54, 1.807) is 11.3 Å². The number of rotatable bonds is 2. The molecule has 2 aromatic rings. The average molecular weight is 263 g/mol. The molecule has 0 aliphatic carbocycles. The van der Waals surface area contributed by atoms with E-state index < -0.39 is 5.97 Å². The van der Waals surface area contributed by atoms with Crippen molar-refractivity contribution >= 4 is 51.4 Å². The van der Waals surface area contributed by atoms with Gasteiger partial charge in [0, 0.05) is 9.72 Å². The lowest BCUT2D eigenvalue weighted by Gasteiger charge is -1.95. The van der Waals surface area contributed by atoms with Crippen LogP contribution in [0.5, 0.6) is 0 Å². The molecular formula is C10H8Cl2O2S. The third kappa shape index (κ3) is 2.62. The number of halogens is 2. The van der Waals surface area contributed by atoms with E-state index in [2.05, 4.69) is 0 Å². The van der Waals surface area contributed by atoms with Crippen LogP contribution in [0.15, 0.2) is 23.6 Å². The largest absolute Gasteiger partial charge is 0.481 e. The van der Waals surface area contributed by atoms with Gasteiger partial charge in [0.25, 0.3) is 0 Å². The molecule has 0 saturated carbocycles. The van der Waals surface area contributed by atoms with E-state index >= 15 is 0 Å². The summed E-state index contributed by atoms with van der Waals surface area (Å²) in [6, 6.07) is 5.53. The summed E-state index contributed by atoms with van der Waals surface area (Å²) in [5, 5.41) is 12.1. The fourth-order valence-corrected chi connectivity index (χ4v) is 2.47. The summed E-state index contributed by atoms with van der Waals surface area (Å²) in [4.78, 5) is 10.6. The lowest BCUT2D eigenvalue weighted by Crippen LogP contribution is -1.98. The Kier molecular flexibility index (Phi) is 3.97. The van der Waals surface area contributed by atoms with Gasteiger partial charge < -0.3 is 5.11 Å². The molecule has 1 aromatic carbocycles. The van der Waals surface area contributed by atoms with Crippen LogP contribution in [0.25, 0.3) is 10.1 Å². The number of hydrogen-bond donors (Lipinski definition) is 1. The van der Waals surface area contributed by atoms with Crippen LogP contribution in [-0.2, 0) is 11.2 Å². The van der Waals surface area contributed by atoms with Crippen LogP contribution in [0.3, 0.4) is 0 Å². The van der Waals surface area contributed by atoms with Gasteiger partial charge in [-0.05, 0) is 34.5 Å². The molecule has 2 rings (SSSR count). The molecule has 5 heteroatoms. The van der Waals surface area contributed by atoms with Gasteiger partial charge in [-0.1, -0.05) is 11.6 Å². The zero-order valence-corrected chi connectivity index (χ0v) is 9.96. The third-order valence-electron chi connectivity index (χ3n) is 1.96. The number of carbonyl (C=O) groups is 1. The minimum absolute atomic E-state index is 0. The molecule has 15 heavy (non-hydrogen) atoms. The molecule has 80 valence electrons. The topological polar surface area (TPSA) is 37.3 Å². The zero-order valence-electron chi connectivity index (χ0n) is 7.57. The maximum Gasteiger partial charge on any atom is 0.307 e. The summed E-state index contributed by atoms with van der Waals surface area (Å²) < 4.78 is 1.07. The molecule has 0 aliphatic rings. The van der Waals surface area contributed by atoms with Crippen molar-refractivity contribution in [1.82, 2.24) is 0 Å². The van der Waals surface area contributed by atoms with Crippen LogP contribution in [0.1, 0.15) is 5.56 Å². The first-order valence-electron chi connectivity index (χ1n) is 4.04. The molecule has 1 heterocycles. The predicted octanol–water partition coefficient (Wildman–Crippen LogP) is 3.60. The van der Waals surface area contributed by atoms with Gasteiger partial charge in [-0.3, -0.25) is 4.79 Å². The summed E-state index contributed by atoms with van der Waals surface area (Å²) in [5.74, 6) is -0.815. The minimum Gasteiger partial charge on any atom is -0.481 e. The smallest absolute Gasteiger partial charge is 0.307 e. The van der Waals surface area contributed by atoms with Crippen LogP contribution in [0.4, 0.5) is 0 Å². The second kappa shape index (κ2) is 4.84. The number of fused-ring (bicyclic) bond motifs is 1. The van der Waals surface area contributed by atoms with Gasteiger partial charge in [-0.25, -0.2) is 0 Å². The van der Waals surface area contributed by atoms with Gasteiger partial charge in [0.05, 0.1) is 6.42 Å². The molecule has 1 N–H and O–H groups in total. The Bertz CT molecular complexity index is 493. The number of carboxylic acids is 1. The van der Waals surface area contributed by atoms with Crippen molar-refractivity contribution in [2.75, 3.05) is 0 Å². The summed E-state index contributed by atoms with van der Waals surface area (Å²) in [7, 11) is 0. The van der Waals surface area contributed by atoms with Crippen molar-refractivity contribution in [1.29, 1.82) is 0 Å². The predicted molar refractivity (Wildman–Crippen MR) is 65.4 cm³/mol. The highest BCUT2D eigenvalue weighted by molar-refractivity contribution is 7.17. The molecule has 0 atom stereocenters. The molecule has 0 unspecified atom stereocenters. The van der Waals surface area contributed by atoms with Crippen LogP contribution in [0.2, 0.25) is 5.02 Å². The van der Waals surface area contributed by atoms with E-state index in [0.29, 0.717) is 5.02 Å². The molecule has 0 bridgehead atoms. The summed E-state index contributed by atoms with van der Waals surface area (Å²) in [6.07, 6.45) is 0.0559. The fraction of sp³-hybridized carbons (Fsp3) is 0.100. The molecule has 0 spiro atoms. The highest BCUT2D eigenvalue weighted by Gasteiger charge is 2.07. The van der Waals surface area contributed by atoms with Crippen molar-refractivity contribution in [3.8, 4) is 0 Å². The van der Waals surface area contributed by atoms with Crippen molar-refractivity contribution in [3.05, 3.63) is 34.2 Å². The average Bonchev–Trinajstić information content (AvgIpc) is 2.47. The highest BCUT2D eigenvalue weighted by Crippen LogP contribution is 2.28. The van der Waals surface area contributed by atoms with Crippen molar-refractivity contribution < 1.29 is 9.90 Å². The minimum atomic E-state index is -0.815. The van der Waals surface area contributed by atoms with Gasteiger partial charge in [-0.15, -0.1) is 23.7 Å². The second-order valence-corrected chi connectivity index (χ2v) is 4.32. The van der Waals surface area contributed by atoms with E-state index in [-0.39, 0.29) is 18.8 Å². The lowest BCUT2D eigenvalue weighted by atomic mass is 10.1. The monoisotopic (exact) mass is 262 g/mol. The third-order valence-corrected chi connectivity index (χ3v) is 3.20. The Labute approximate surface area is 102 Å². The first kappa shape index (κ1) is 12.3. The van der Waals surface area contributed by atoms with E-state index in [1.165, 1.54) is 0 Å².